The zero-order chi connectivity index (χ0) is 27.9. The van der Waals surface area contributed by atoms with E-state index in [-0.39, 0.29) is 28.1 Å². The summed E-state index contributed by atoms with van der Waals surface area (Å²) in [5, 5.41) is 3.20. The fourth-order valence-corrected chi connectivity index (χ4v) is 5.96. The number of halogens is 3. The highest BCUT2D eigenvalue weighted by atomic mass is 79.9. The third-order valence-corrected chi connectivity index (χ3v) is 8.61. The molecule has 0 saturated heterocycles. The first-order chi connectivity index (χ1) is 18.0. The van der Waals surface area contributed by atoms with E-state index < -0.39 is 28.5 Å². The zero-order valence-corrected chi connectivity index (χ0v) is 24.8. The molecule has 0 aliphatic heterocycles. The minimum absolute atomic E-state index is 0.00739. The minimum Gasteiger partial charge on any atom is -0.354 e. The van der Waals surface area contributed by atoms with E-state index in [1.165, 1.54) is 35.2 Å². The van der Waals surface area contributed by atoms with Gasteiger partial charge in [0.2, 0.25) is 11.8 Å². The highest BCUT2D eigenvalue weighted by Gasteiger charge is 2.33. The summed E-state index contributed by atoms with van der Waals surface area (Å²) in [6, 6.07) is 18.6. The summed E-state index contributed by atoms with van der Waals surface area (Å²) in [6.45, 7) is 3.52. The Bertz CT molecular complexity index is 1370. The first kappa shape index (κ1) is 30.0. The summed E-state index contributed by atoms with van der Waals surface area (Å²) in [5.74, 6) is -0.906. The molecule has 0 fully saturated rings. The van der Waals surface area contributed by atoms with Gasteiger partial charge in [0.25, 0.3) is 10.0 Å². The smallest absolute Gasteiger partial charge is 0.264 e. The van der Waals surface area contributed by atoms with Gasteiger partial charge >= 0.3 is 0 Å². The number of carbonyl (C=O) groups excluding carboxylic acids is 2. The molecule has 3 aromatic rings. The molecule has 202 valence electrons. The molecule has 1 N–H and O–H groups in total. The average Bonchev–Trinajstić information content (AvgIpc) is 2.90. The Balaban J connectivity index is 2.03. The van der Waals surface area contributed by atoms with Gasteiger partial charge in [-0.25, -0.2) is 8.42 Å². The van der Waals surface area contributed by atoms with Crippen molar-refractivity contribution in [2.45, 2.75) is 37.8 Å². The van der Waals surface area contributed by atoms with Gasteiger partial charge in [-0.2, -0.15) is 0 Å². The van der Waals surface area contributed by atoms with Gasteiger partial charge in [0.15, 0.2) is 0 Å². The largest absolute Gasteiger partial charge is 0.354 e. The predicted octanol–water partition coefficient (Wildman–Crippen LogP) is 5.89. The molecule has 0 heterocycles. The highest BCUT2D eigenvalue weighted by molar-refractivity contribution is 9.10. The van der Waals surface area contributed by atoms with E-state index in [0.717, 1.165) is 20.8 Å². The van der Waals surface area contributed by atoms with Gasteiger partial charge < -0.3 is 10.2 Å². The second-order valence-corrected chi connectivity index (χ2v) is 12.2. The van der Waals surface area contributed by atoms with Crippen molar-refractivity contribution in [3.63, 3.8) is 0 Å². The lowest BCUT2D eigenvalue weighted by molar-refractivity contribution is -0.139. The van der Waals surface area contributed by atoms with Crippen LogP contribution in [0.2, 0.25) is 10.0 Å². The van der Waals surface area contributed by atoms with Gasteiger partial charge in [-0.3, -0.25) is 13.9 Å². The molecule has 0 spiro atoms. The number of sulfonamides is 1. The van der Waals surface area contributed by atoms with Crippen molar-refractivity contribution in [3.8, 4) is 0 Å². The predicted molar refractivity (Wildman–Crippen MR) is 155 cm³/mol. The van der Waals surface area contributed by atoms with Crippen LogP contribution >= 0.6 is 39.1 Å². The first-order valence-corrected chi connectivity index (χ1v) is 14.9. The van der Waals surface area contributed by atoms with Crippen LogP contribution < -0.4 is 9.62 Å². The molecule has 1 atom stereocenters. The molecule has 0 aliphatic rings. The Morgan fingerprint density at radius 1 is 1.00 bits per heavy atom. The number of nitrogens with one attached hydrogen (secondary N) is 1. The second kappa shape index (κ2) is 13.5. The van der Waals surface area contributed by atoms with Crippen molar-refractivity contribution in [2.24, 2.45) is 0 Å². The summed E-state index contributed by atoms with van der Waals surface area (Å²) in [7, 11) is -4.21. The molecule has 0 saturated carbocycles. The topological polar surface area (TPSA) is 86.8 Å². The Hall–Kier alpha value is -2.59. The minimum atomic E-state index is -4.21. The SMILES string of the molecule is CCCNC(=O)C(C)N(Cc1ccc(Br)cc1)C(=O)CN(c1ccc(Cl)cc1Cl)S(=O)(=O)c1ccccc1. The monoisotopic (exact) mass is 639 g/mol. The molecule has 11 heteroatoms. The summed E-state index contributed by atoms with van der Waals surface area (Å²) >= 11 is 15.9. The zero-order valence-electron chi connectivity index (χ0n) is 20.9. The lowest BCUT2D eigenvalue weighted by Crippen LogP contribution is -2.51. The van der Waals surface area contributed by atoms with Crippen LogP contribution in [-0.4, -0.2) is 44.3 Å². The van der Waals surface area contributed by atoms with Crippen molar-refractivity contribution in [1.82, 2.24) is 10.2 Å². The molecule has 38 heavy (non-hydrogen) atoms. The molecular weight excluding hydrogens is 613 g/mol. The van der Waals surface area contributed by atoms with E-state index in [4.69, 9.17) is 23.2 Å². The van der Waals surface area contributed by atoms with E-state index in [0.29, 0.717) is 11.6 Å². The number of benzene rings is 3. The first-order valence-electron chi connectivity index (χ1n) is 11.9. The van der Waals surface area contributed by atoms with Crippen molar-refractivity contribution >= 4 is 66.7 Å². The summed E-state index contributed by atoms with van der Waals surface area (Å²) in [6.07, 6.45) is 0.733. The molecule has 7 nitrogen and oxygen atoms in total. The van der Waals surface area contributed by atoms with Crippen LogP contribution in [0.4, 0.5) is 5.69 Å². The van der Waals surface area contributed by atoms with E-state index >= 15 is 0 Å². The number of nitrogens with zero attached hydrogens (tertiary/aromatic N) is 2. The van der Waals surface area contributed by atoms with Gasteiger partial charge in [-0.15, -0.1) is 0 Å². The number of anilines is 1. The van der Waals surface area contributed by atoms with Crippen LogP contribution in [0.1, 0.15) is 25.8 Å². The molecule has 0 radical (unpaired) electrons. The van der Waals surface area contributed by atoms with Gasteiger partial charge in [0.05, 0.1) is 15.6 Å². The van der Waals surface area contributed by atoms with E-state index in [9.17, 15) is 18.0 Å². The van der Waals surface area contributed by atoms with Crippen molar-refractivity contribution in [2.75, 3.05) is 17.4 Å². The normalized spacial score (nSPS) is 12.0. The van der Waals surface area contributed by atoms with Crippen molar-refractivity contribution in [3.05, 3.63) is 92.9 Å². The fourth-order valence-electron chi connectivity index (χ4n) is 3.68. The molecule has 3 aromatic carbocycles. The van der Waals surface area contributed by atoms with Gasteiger partial charge in [-0.1, -0.05) is 76.4 Å². The van der Waals surface area contributed by atoms with Gasteiger partial charge in [0, 0.05) is 22.6 Å². The molecule has 1 unspecified atom stereocenters. The maximum absolute atomic E-state index is 13.8. The molecular formula is C27H28BrCl2N3O4S. The standard InChI is InChI=1S/C27H28BrCl2N3O4S/c1-3-15-31-27(35)19(2)32(17-20-9-11-21(28)12-10-20)26(34)18-33(25-14-13-22(29)16-24(25)30)38(36,37)23-7-5-4-6-8-23/h4-14,16,19H,3,15,17-18H2,1-2H3,(H,31,35). The molecule has 2 amide bonds. The molecule has 0 bridgehead atoms. The average molecular weight is 641 g/mol. The van der Waals surface area contributed by atoms with E-state index in [2.05, 4.69) is 21.2 Å². The summed E-state index contributed by atoms with van der Waals surface area (Å²) in [5.41, 5.74) is 0.874. The number of hydrogen-bond donors (Lipinski definition) is 1. The number of hydrogen-bond acceptors (Lipinski definition) is 4. The number of carbonyl (C=O) groups is 2. The van der Waals surface area contributed by atoms with Crippen LogP contribution in [-0.2, 0) is 26.2 Å². The quantitative estimate of drug-likeness (QED) is 0.283. The van der Waals surface area contributed by atoms with Gasteiger partial charge in [-0.05, 0) is 61.4 Å². The second-order valence-electron chi connectivity index (χ2n) is 8.54. The molecule has 3 rings (SSSR count). The Morgan fingerprint density at radius 3 is 2.26 bits per heavy atom. The van der Waals surface area contributed by atoms with Gasteiger partial charge in [0.1, 0.15) is 12.6 Å². The van der Waals surface area contributed by atoms with Crippen molar-refractivity contribution in [1.29, 1.82) is 0 Å². The maximum Gasteiger partial charge on any atom is 0.264 e. The van der Waals surface area contributed by atoms with Crippen LogP contribution in [0.5, 0.6) is 0 Å². The Morgan fingerprint density at radius 2 is 1.66 bits per heavy atom. The maximum atomic E-state index is 13.8. The third kappa shape index (κ3) is 7.50. The van der Waals surface area contributed by atoms with E-state index in [1.54, 1.807) is 25.1 Å². The van der Waals surface area contributed by atoms with E-state index in [1.807, 2.05) is 31.2 Å². The van der Waals surface area contributed by atoms with Crippen molar-refractivity contribution < 1.29 is 18.0 Å². The van der Waals surface area contributed by atoms with Crippen LogP contribution in [0.3, 0.4) is 0 Å². The molecule has 0 aromatic heterocycles. The highest BCUT2D eigenvalue weighted by Crippen LogP contribution is 2.33. The number of amides is 2. The molecule has 0 aliphatic carbocycles. The summed E-state index contributed by atoms with van der Waals surface area (Å²) < 4.78 is 29.3. The van der Waals surface area contributed by atoms with Crippen LogP contribution in [0, 0.1) is 0 Å². The Kier molecular flexibility index (Phi) is 10.6. The number of rotatable bonds is 11. The Labute approximate surface area is 241 Å². The third-order valence-electron chi connectivity index (χ3n) is 5.77. The lowest BCUT2D eigenvalue weighted by atomic mass is 10.1. The summed E-state index contributed by atoms with van der Waals surface area (Å²) in [4.78, 5) is 28.1. The van der Waals surface area contributed by atoms with Crippen LogP contribution in [0.15, 0.2) is 82.2 Å². The fraction of sp³-hybridized carbons (Fsp3) is 0.259. The lowest BCUT2D eigenvalue weighted by Gasteiger charge is -2.32. The van der Waals surface area contributed by atoms with Crippen LogP contribution in [0.25, 0.3) is 0 Å².